The normalized spacial score (nSPS) is 10.1. The number of nitrogens with zero attached hydrogens (tertiary/aromatic N) is 2. The molecule has 100 valence electrons. The highest BCUT2D eigenvalue weighted by atomic mass is 79.9. The van der Waals surface area contributed by atoms with Gasteiger partial charge in [0, 0.05) is 18.8 Å². The van der Waals surface area contributed by atoms with Crippen LogP contribution >= 0.6 is 15.9 Å². The molecule has 0 spiro atoms. The van der Waals surface area contributed by atoms with E-state index in [1.54, 1.807) is 20.4 Å². The maximum Gasteiger partial charge on any atom is 0.161 e. The van der Waals surface area contributed by atoms with Crippen LogP contribution < -0.4 is 14.8 Å². The number of rotatable bonds is 4. The number of anilines is 1. The minimum Gasteiger partial charge on any atom is -0.493 e. The average molecular weight is 324 g/mol. The predicted molar refractivity (Wildman–Crippen MR) is 77.8 cm³/mol. The van der Waals surface area contributed by atoms with Gasteiger partial charge in [-0.05, 0) is 34.1 Å². The van der Waals surface area contributed by atoms with Crippen molar-refractivity contribution in [1.82, 2.24) is 9.97 Å². The van der Waals surface area contributed by atoms with Crippen LogP contribution in [0, 0.1) is 0 Å². The van der Waals surface area contributed by atoms with E-state index in [2.05, 4.69) is 31.2 Å². The van der Waals surface area contributed by atoms with Crippen molar-refractivity contribution in [3.8, 4) is 22.9 Å². The Morgan fingerprint density at radius 2 is 1.89 bits per heavy atom. The Balaban J connectivity index is 2.47. The van der Waals surface area contributed by atoms with Gasteiger partial charge in [-0.3, -0.25) is 0 Å². The highest BCUT2D eigenvalue weighted by molar-refractivity contribution is 9.10. The number of ether oxygens (including phenoxy) is 2. The molecule has 0 saturated carbocycles. The van der Waals surface area contributed by atoms with Crippen molar-refractivity contribution >= 4 is 21.7 Å². The summed E-state index contributed by atoms with van der Waals surface area (Å²) in [6.45, 7) is 0. The third kappa shape index (κ3) is 2.78. The van der Waals surface area contributed by atoms with Gasteiger partial charge in [0.15, 0.2) is 17.3 Å². The Hall–Kier alpha value is -1.82. The summed E-state index contributed by atoms with van der Waals surface area (Å²) in [5.41, 5.74) is 0.863. The first-order valence-electron chi connectivity index (χ1n) is 5.62. The molecule has 0 amide bonds. The molecule has 0 aliphatic carbocycles. The van der Waals surface area contributed by atoms with E-state index in [0.717, 1.165) is 15.9 Å². The second kappa shape index (κ2) is 5.88. The van der Waals surface area contributed by atoms with E-state index in [1.807, 2.05) is 25.2 Å². The van der Waals surface area contributed by atoms with Gasteiger partial charge < -0.3 is 14.8 Å². The molecule has 0 saturated heterocycles. The van der Waals surface area contributed by atoms with Crippen molar-refractivity contribution in [2.45, 2.75) is 0 Å². The Morgan fingerprint density at radius 1 is 1.16 bits per heavy atom. The maximum atomic E-state index is 5.27. The third-order valence-corrected chi connectivity index (χ3v) is 3.20. The summed E-state index contributed by atoms with van der Waals surface area (Å²) in [4.78, 5) is 8.72. The van der Waals surface area contributed by atoms with Gasteiger partial charge in [0.05, 0.1) is 18.7 Å². The Kier molecular flexibility index (Phi) is 4.21. The number of benzene rings is 1. The molecule has 2 rings (SSSR count). The summed E-state index contributed by atoms with van der Waals surface area (Å²) in [6, 6.07) is 5.57. The minimum absolute atomic E-state index is 0.619. The number of hydrogen-bond acceptors (Lipinski definition) is 5. The van der Waals surface area contributed by atoms with Crippen LogP contribution in [0.2, 0.25) is 0 Å². The maximum absolute atomic E-state index is 5.27. The van der Waals surface area contributed by atoms with Crippen molar-refractivity contribution < 1.29 is 9.47 Å². The molecule has 0 fully saturated rings. The van der Waals surface area contributed by atoms with E-state index in [4.69, 9.17) is 9.47 Å². The van der Waals surface area contributed by atoms with Crippen molar-refractivity contribution in [3.05, 3.63) is 28.9 Å². The number of methoxy groups -OCH3 is 2. The minimum atomic E-state index is 0.619. The van der Waals surface area contributed by atoms with Crippen molar-refractivity contribution in [2.24, 2.45) is 0 Å². The van der Waals surface area contributed by atoms with Gasteiger partial charge in [-0.25, -0.2) is 9.97 Å². The van der Waals surface area contributed by atoms with Crippen LogP contribution in [0.1, 0.15) is 0 Å². The smallest absolute Gasteiger partial charge is 0.161 e. The van der Waals surface area contributed by atoms with E-state index in [9.17, 15) is 0 Å². The lowest BCUT2D eigenvalue weighted by Gasteiger charge is -2.10. The SMILES string of the molecule is CNc1nc(-c2ccc(OC)c(OC)c2)ncc1Br. The van der Waals surface area contributed by atoms with E-state index in [0.29, 0.717) is 17.3 Å². The molecule has 2 aromatic rings. The lowest BCUT2D eigenvalue weighted by molar-refractivity contribution is 0.355. The molecule has 0 aliphatic rings. The molecule has 1 aromatic heterocycles. The van der Waals surface area contributed by atoms with Crippen molar-refractivity contribution in [1.29, 1.82) is 0 Å². The molecule has 0 aliphatic heterocycles. The van der Waals surface area contributed by atoms with Gasteiger partial charge >= 0.3 is 0 Å². The summed E-state index contributed by atoms with van der Waals surface area (Å²) in [7, 11) is 5.02. The molecule has 19 heavy (non-hydrogen) atoms. The van der Waals surface area contributed by atoms with Crippen LogP contribution in [-0.4, -0.2) is 31.2 Å². The molecule has 1 aromatic carbocycles. The Morgan fingerprint density at radius 3 is 2.53 bits per heavy atom. The van der Waals surface area contributed by atoms with Gasteiger partial charge in [-0.1, -0.05) is 0 Å². The Labute approximate surface area is 120 Å². The summed E-state index contributed by atoms with van der Waals surface area (Å²) >= 11 is 3.38. The monoisotopic (exact) mass is 323 g/mol. The molecule has 0 atom stereocenters. The predicted octanol–water partition coefficient (Wildman–Crippen LogP) is 2.97. The quantitative estimate of drug-likeness (QED) is 0.937. The van der Waals surface area contributed by atoms with E-state index >= 15 is 0 Å². The standard InChI is InChI=1S/C13H14BrN3O2/c1-15-13-9(14)7-16-12(17-13)8-4-5-10(18-2)11(6-8)19-3/h4-7H,1-3H3,(H,15,16,17). The van der Waals surface area contributed by atoms with Gasteiger partial charge in [-0.15, -0.1) is 0 Å². The fraction of sp³-hybridized carbons (Fsp3) is 0.231. The lowest BCUT2D eigenvalue weighted by atomic mass is 10.2. The molecule has 5 nitrogen and oxygen atoms in total. The van der Waals surface area contributed by atoms with Crippen LogP contribution in [-0.2, 0) is 0 Å². The molecule has 1 heterocycles. The largest absolute Gasteiger partial charge is 0.493 e. The summed E-state index contributed by atoms with van der Waals surface area (Å²) in [5, 5.41) is 3.00. The molecule has 0 unspecified atom stereocenters. The highest BCUT2D eigenvalue weighted by Crippen LogP contribution is 2.31. The zero-order valence-electron chi connectivity index (χ0n) is 10.9. The second-order valence-corrected chi connectivity index (χ2v) is 4.56. The molecule has 0 radical (unpaired) electrons. The number of nitrogens with one attached hydrogen (secondary N) is 1. The first kappa shape index (κ1) is 13.6. The van der Waals surface area contributed by atoms with Crippen LogP contribution in [0.4, 0.5) is 5.82 Å². The molecule has 6 heteroatoms. The topological polar surface area (TPSA) is 56.3 Å². The first-order chi connectivity index (χ1) is 9.19. The summed E-state index contributed by atoms with van der Waals surface area (Å²) in [5.74, 6) is 2.68. The van der Waals surface area contributed by atoms with Crippen molar-refractivity contribution in [3.63, 3.8) is 0 Å². The van der Waals surface area contributed by atoms with Gasteiger partial charge in [-0.2, -0.15) is 0 Å². The van der Waals surface area contributed by atoms with Crippen LogP contribution in [0.25, 0.3) is 11.4 Å². The zero-order valence-corrected chi connectivity index (χ0v) is 12.5. The Bertz CT molecular complexity index is 590. The van der Waals surface area contributed by atoms with Crippen LogP contribution in [0.15, 0.2) is 28.9 Å². The molecular formula is C13H14BrN3O2. The fourth-order valence-corrected chi connectivity index (χ4v) is 2.05. The number of hydrogen-bond donors (Lipinski definition) is 1. The third-order valence-electron chi connectivity index (χ3n) is 2.62. The number of aromatic nitrogens is 2. The zero-order chi connectivity index (χ0) is 13.8. The average Bonchev–Trinajstić information content (AvgIpc) is 2.47. The fourth-order valence-electron chi connectivity index (χ4n) is 1.66. The van der Waals surface area contributed by atoms with Crippen LogP contribution in [0.5, 0.6) is 11.5 Å². The molecular weight excluding hydrogens is 310 g/mol. The van der Waals surface area contributed by atoms with E-state index < -0.39 is 0 Å². The summed E-state index contributed by atoms with van der Waals surface area (Å²) in [6.07, 6.45) is 1.71. The first-order valence-corrected chi connectivity index (χ1v) is 6.41. The van der Waals surface area contributed by atoms with Gasteiger partial charge in [0.2, 0.25) is 0 Å². The van der Waals surface area contributed by atoms with E-state index in [1.165, 1.54) is 0 Å². The second-order valence-electron chi connectivity index (χ2n) is 3.71. The number of halogens is 1. The lowest BCUT2D eigenvalue weighted by Crippen LogP contribution is -1.98. The summed E-state index contributed by atoms with van der Waals surface area (Å²) < 4.78 is 11.3. The van der Waals surface area contributed by atoms with Gasteiger partial charge in [0.1, 0.15) is 5.82 Å². The van der Waals surface area contributed by atoms with E-state index in [-0.39, 0.29) is 0 Å². The van der Waals surface area contributed by atoms with Crippen LogP contribution in [0.3, 0.4) is 0 Å². The highest BCUT2D eigenvalue weighted by Gasteiger charge is 2.10. The van der Waals surface area contributed by atoms with Gasteiger partial charge in [0.25, 0.3) is 0 Å². The molecule has 0 bridgehead atoms. The molecule has 1 N–H and O–H groups in total. The van der Waals surface area contributed by atoms with Crippen molar-refractivity contribution in [2.75, 3.05) is 26.6 Å².